The second-order valence-electron chi connectivity index (χ2n) is 6.69. The van der Waals surface area contributed by atoms with Crippen molar-refractivity contribution in [3.63, 3.8) is 0 Å². The van der Waals surface area contributed by atoms with Gasteiger partial charge in [-0.15, -0.1) is 0 Å². The molecule has 5 heteroatoms. The monoisotopic (exact) mass is 341 g/mol. The van der Waals surface area contributed by atoms with Gasteiger partial charge in [0.25, 0.3) is 11.9 Å². The maximum Gasteiger partial charge on any atom is 0.287 e. The van der Waals surface area contributed by atoms with E-state index < -0.39 is 0 Å². The zero-order valence-electron chi connectivity index (χ0n) is 14.3. The first kappa shape index (κ1) is 16.2. The highest BCUT2D eigenvalue weighted by Gasteiger charge is 2.54. The van der Waals surface area contributed by atoms with Gasteiger partial charge in [-0.2, -0.15) is 0 Å². The van der Waals surface area contributed by atoms with Crippen molar-refractivity contribution in [2.75, 3.05) is 13.2 Å². The second kappa shape index (κ2) is 6.92. The number of benzene rings is 1. The molecule has 0 radical (unpaired) electrons. The van der Waals surface area contributed by atoms with Crippen LogP contribution in [0.3, 0.4) is 0 Å². The Morgan fingerprint density at radius 3 is 2.88 bits per heavy atom. The van der Waals surface area contributed by atoms with Crippen molar-refractivity contribution in [3.05, 3.63) is 53.8 Å². The zero-order chi connectivity index (χ0) is 17.2. The Morgan fingerprint density at radius 2 is 2.08 bits per heavy atom. The number of furan rings is 1. The molecule has 1 aliphatic carbocycles. The van der Waals surface area contributed by atoms with Gasteiger partial charge in [-0.1, -0.05) is 30.3 Å². The van der Waals surface area contributed by atoms with Crippen LogP contribution in [-0.2, 0) is 11.2 Å². The first-order chi connectivity index (χ1) is 12.3. The summed E-state index contributed by atoms with van der Waals surface area (Å²) >= 11 is 0. The van der Waals surface area contributed by atoms with Gasteiger partial charge in [-0.05, 0) is 31.4 Å². The van der Waals surface area contributed by atoms with E-state index in [0.29, 0.717) is 30.1 Å². The Balaban J connectivity index is 1.44. The predicted molar refractivity (Wildman–Crippen MR) is 92.6 cm³/mol. The van der Waals surface area contributed by atoms with E-state index in [-0.39, 0.29) is 18.1 Å². The average molecular weight is 341 g/mol. The number of carbonyl (C=O) groups excluding carboxylic acids is 1. The van der Waals surface area contributed by atoms with Crippen molar-refractivity contribution < 1.29 is 18.7 Å². The van der Waals surface area contributed by atoms with Crippen LogP contribution in [0, 0.1) is 11.8 Å². The summed E-state index contributed by atoms with van der Waals surface area (Å²) < 4.78 is 16.6. The molecule has 0 unspecified atom stereocenters. The molecule has 1 saturated heterocycles. The van der Waals surface area contributed by atoms with E-state index in [1.165, 1.54) is 5.56 Å². The number of hydrogen-bond donors (Lipinski definition) is 1. The molecule has 1 aromatic heterocycles. The topological polar surface area (TPSA) is 60.7 Å². The first-order valence-corrected chi connectivity index (χ1v) is 8.95. The lowest BCUT2D eigenvalue weighted by molar-refractivity contribution is -0.0530. The van der Waals surface area contributed by atoms with Crippen molar-refractivity contribution in [1.82, 2.24) is 5.32 Å². The second-order valence-corrected chi connectivity index (χ2v) is 6.69. The summed E-state index contributed by atoms with van der Waals surface area (Å²) in [5, 5.41) is 3.16. The summed E-state index contributed by atoms with van der Waals surface area (Å²) in [6.07, 6.45) is 2.17. The number of amides is 1. The number of ether oxygens (including phenoxy) is 2. The maximum atomic E-state index is 12.6. The molecule has 1 aromatic carbocycles. The fourth-order valence-corrected chi connectivity index (χ4v) is 4.06. The summed E-state index contributed by atoms with van der Waals surface area (Å²) in [6, 6.07) is 13.8. The Hall–Kier alpha value is -2.27. The molecule has 4 atom stereocenters. The molecule has 2 fully saturated rings. The van der Waals surface area contributed by atoms with Gasteiger partial charge in [-0.3, -0.25) is 4.79 Å². The maximum absolute atomic E-state index is 12.6. The molecular formula is C20H23NO4. The summed E-state index contributed by atoms with van der Waals surface area (Å²) in [5.41, 5.74) is 1.28. The van der Waals surface area contributed by atoms with E-state index in [4.69, 9.17) is 13.9 Å². The molecule has 2 aromatic rings. The van der Waals surface area contributed by atoms with Crippen molar-refractivity contribution in [1.29, 1.82) is 0 Å². The first-order valence-electron chi connectivity index (χ1n) is 8.95. The number of carbonyl (C=O) groups is 1. The molecule has 1 saturated carbocycles. The largest absolute Gasteiger partial charge is 0.465 e. The minimum Gasteiger partial charge on any atom is -0.465 e. The van der Waals surface area contributed by atoms with Crippen LogP contribution in [-0.4, -0.2) is 31.3 Å². The third kappa shape index (κ3) is 3.16. The molecule has 1 N–H and O–H groups in total. The molecule has 1 amide bonds. The smallest absolute Gasteiger partial charge is 0.287 e. The van der Waals surface area contributed by atoms with E-state index in [2.05, 4.69) is 17.4 Å². The van der Waals surface area contributed by atoms with Gasteiger partial charge in [0, 0.05) is 30.6 Å². The highest BCUT2D eigenvalue weighted by atomic mass is 16.6. The number of nitrogens with one attached hydrogen (secondary N) is 1. The van der Waals surface area contributed by atoms with Crippen LogP contribution in [0.4, 0.5) is 0 Å². The van der Waals surface area contributed by atoms with Crippen molar-refractivity contribution in [2.45, 2.75) is 31.9 Å². The summed E-state index contributed by atoms with van der Waals surface area (Å²) in [4.78, 5) is 12.6. The molecular weight excluding hydrogens is 318 g/mol. The SMILES string of the molecule is CCOc1ccc(C(=O)N[C@@H]2[C@@H](Cc3ccccc3)[C@H]3OCC[C@@H]23)o1. The Kier molecular flexibility index (Phi) is 4.49. The lowest BCUT2D eigenvalue weighted by Gasteiger charge is -2.48. The lowest BCUT2D eigenvalue weighted by Crippen LogP contribution is -2.62. The third-order valence-corrected chi connectivity index (χ3v) is 5.23. The van der Waals surface area contributed by atoms with E-state index >= 15 is 0 Å². The normalized spacial score (nSPS) is 27.4. The molecule has 132 valence electrons. The van der Waals surface area contributed by atoms with Gasteiger partial charge in [0.05, 0.1) is 12.7 Å². The summed E-state index contributed by atoms with van der Waals surface area (Å²) in [7, 11) is 0. The predicted octanol–water partition coefficient (Wildman–Crippen LogP) is 3.05. The van der Waals surface area contributed by atoms with Gasteiger partial charge in [0.2, 0.25) is 0 Å². The minimum absolute atomic E-state index is 0.126. The average Bonchev–Trinajstić information content (AvgIpc) is 3.26. The Bertz CT molecular complexity index is 726. The summed E-state index contributed by atoms with van der Waals surface area (Å²) in [5.74, 6) is 1.20. The summed E-state index contributed by atoms with van der Waals surface area (Å²) in [6.45, 7) is 3.17. The van der Waals surface area contributed by atoms with Crippen LogP contribution in [0.15, 0.2) is 46.9 Å². The van der Waals surface area contributed by atoms with Crippen LogP contribution in [0.1, 0.15) is 29.5 Å². The van der Waals surface area contributed by atoms with E-state index in [1.54, 1.807) is 12.1 Å². The fraction of sp³-hybridized carbons (Fsp3) is 0.450. The van der Waals surface area contributed by atoms with Crippen LogP contribution >= 0.6 is 0 Å². The molecule has 2 heterocycles. The quantitative estimate of drug-likeness (QED) is 0.877. The zero-order valence-corrected chi connectivity index (χ0v) is 14.3. The molecule has 0 bridgehead atoms. The van der Waals surface area contributed by atoms with Crippen molar-refractivity contribution >= 4 is 5.91 Å². The van der Waals surface area contributed by atoms with Crippen molar-refractivity contribution in [3.8, 4) is 5.95 Å². The number of hydrogen-bond acceptors (Lipinski definition) is 4. The van der Waals surface area contributed by atoms with Crippen LogP contribution in [0.25, 0.3) is 0 Å². The highest BCUT2D eigenvalue weighted by Crippen LogP contribution is 2.45. The molecule has 1 aliphatic heterocycles. The van der Waals surface area contributed by atoms with Crippen molar-refractivity contribution in [2.24, 2.45) is 11.8 Å². The van der Waals surface area contributed by atoms with Crippen LogP contribution < -0.4 is 10.1 Å². The van der Waals surface area contributed by atoms with Gasteiger partial charge < -0.3 is 19.2 Å². The van der Waals surface area contributed by atoms with E-state index in [0.717, 1.165) is 19.4 Å². The third-order valence-electron chi connectivity index (χ3n) is 5.23. The fourth-order valence-electron chi connectivity index (χ4n) is 4.06. The molecule has 5 nitrogen and oxygen atoms in total. The molecule has 0 spiro atoms. The van der Waals surface area contributed by atoms with E-state index in [1.807, 2.05) is 25.1 Å². The molecule has 25 heavy (non-hydrogen) atoms. The highest BCUT2D eigenvalue weighted by molar-refractivity contribution is 5.92. The number of rotatable bonds is 6. The Morgan fingerprint density at radius 1 is 1.24 bits per heavy atom. The lowest BCUT2D eigenvalue weighted by atomic mass is 9.64. The van der Waals surface area contributed by atoms with Gasteiger partial charge in [0.1, 0.15) is 0 Å². The van der Waals surface area contributed by atoms with Gasteiger partial charge in [0.15, 0.2) is 5.76 Å². The van der Waals surface area contributed by atoms with Crippen LogP contribution in [0.2, 0.25) is 0 Å². The molecule has 4 rings (SSSR count). The van der Waals surface area contributed by atoms with Gasteiger partial charge in [-0.25, -0.2) is 0 Å². The Labute approximate surface area is 147 Å². The molecule has 2 aliphatic rings. The van der Waals surface area contributed by atoms with Gasteiger partial charge >= 0.3 is 0 Å². The van der Waals surface area contributed by atoms with Crippen LogP contribution in [0.5, 0.6) is 5.95 Å². The minimum atomic E-state index is -0.181. The number of fused-ring (bicyclic) bond motifs is 1. The van der Waals surface area contributed by atoms with E-state index in [9.17, 15) is 4.79 Å². The standard InChI is InChI=1S/C20H23NO4/c1-2-23-17-9-8-16(25-17)20(22)21-18-14-10-11-24-19(14)15(18)12-13-6-4-3-5-7-13/h3-9,14-15,18-19H,2,10-12H2,1H3,(H,21,22)/t14-,15+,18-,19-/m0/s1.